The molecular formula is C37H38Br4Cl2N2O6. The number of halogens is 6. The van der Waals surface area contributed by atoms with E-state index in [2.05, 4.69) is 88.2 Å². The van der Waals surface area contributed by atoms with Gasteiger partial charge in [0.25, 0.3) is 0 Å². The Balaban J connectivity index is 0.000000277. The monoisotopic (exact) mass is 992 g/mol. The van der Waals surface area contributed by atoms with Gasteiger partial charge in [-0.05, 0) is 156 Å². The van der Waals surface area contributed by atoms with Crippen molar-refractivity contribution in [2.45, 2.75) is 65.7 Å². The average Bonchev–Trinajstić information content (AvgIpc) is 3.04. The van der Waals surface area contributed by atoms with E-state index in [1.54, 1.807) is 12.1 Å². The third-order valence-corrected chi connectivity index (χ3v) is 10.3. The van der Waals surface area contributed by atoms with Gasteiger partial charge in [-0.3, -0.25) is 9.59 Å². The molecule has 274 valence electrons. The van der Waals surface area contributed by atoms with Crippen molar-refractivity contribution in [3.05, 3.63) is 111 Å². The maximum absolute atomic E-state index is 10.8. The number of aryl methyl sites for hydroxylation is 1. The third-order valence-electron chi connectivity index (χ3n) is 7.29. The lowest BCUT2D eigenvalue weighted by Gasteiger charge is -2.17. The number of aliphatic carboxylic acids is 2. The van der Waals surface area contributed by atoms with Crippen LogP contribution >= 0.6 is 86.9 Å². The van der Waals surface area contributed by atoms with Crippen molar-refractivity contribution >= 4 is 110 Å². The quantitative estimate of drug-likeness (QED) is 0.0877. The first-order chi connectivity index (χ1) is 24.2. The van der Waals surface area contributed by atoms with Gasteiger partial charge in [-0.1, -0.05) is 42.3 Å². The number of ether oxygens (including phenoxy) is 2. The van der Waals surface area contributed by atoms with Crippen molar-refractivity contribution in [3.63, 3.8) is 0 Å². The molecule has 0 aliphatic heterocycles. The number of carboxylic acid groups (broad SMARTS) is 2. The van der Waals surface area contributed by atoms with E-state index in [1.807, 2.05) is 55.5 Å². The molecule has 0 radical (unpaired) electrons. The van der Waals surface area contributed by atoms with Gasteiger partial charge in [0.05, 0.1) is 35.0 Å². The highest BCUT2D eigenvalue weighted by molar-refractivity contribution is 9.11. The van der Waals surface area contributed by atoms with Gasteiger partial charge < -0.3 is 30.3 Å². The number of rotatable bonds is 16. The van der Waals surface area contributed by atoms with Gasteiger partial charge in [-0.25, -0.2) is 0 Å². The molecule has 0 saturated carbocycles. The molecule has 0 bridgehead atoms. The van der Waals surface area contributed by atoms with Crippen LogP contribution in [0.1, 0.15) is 55.9 Å². The predicted octanol–water partition coefficient (Wildman–Crippen LogP) is 12.2. The van der Waals surface area contributed by atoms with Crippen LogP contribution in [-0.2, 0) is 35.6 Å². The molecule has 8 nitrogen and oxygen atoms in total. The van der Waals surface area contributed by atoms with Crippen LogP contribution < -0.4 is 20.1 Å². The molecule has 0 heterocycles. The minimum atomic E-state index is -0.877. The van der Waals surface area contributed by atoms with Crippen LogP contribution in [0.4, 0.5) is 11.4 Å². The van der Waals surface area contributed by atoms with Crippen LogP contribution in [0.25, 0.3) is 0 Å². The summed E-state index contributed by atoms with van der Waals surface area (Å²) in [4.78, 5) is 21.6. The van der Waals surface area contributed by atoms with E-state index < -0.39 is 11.9 Å². The highest BCUT2D eigenvalue weighted by Crippen LogP contribution is 2.38. The Morgan fingerprint density at radius 1 is 0.784 bits per heavy atom. The Morgan fingerprint density at radius 2 is 1.37 bits per heavy atom. The summed E-state index contributed by atoms with van der Waals surface area (Å²) < 4.78 is 14.8. The van der Waals surface area contributed by atoms with E-state index in [4.69, 9.17) is 42.9 Å². The zero-order valence-corrected chi connectivity index (χ0v) is 36.0. The maximum Gasteiger partial charge on any atom is 0.307 e. The largest absolute Gasteiger partial charge is 0.487 e. The summed E-state index contributed by atoms with van der Waals surface area (Å²) in [6, 6.07) is 19.1. The van der Waals surface area contributed by atoms with E-state index in [0.29, 0.717) is 61.7 Å². The lowest BCUT2D eigenvalue weighted by Crippen LogP contribution is -2.14. The van der Waals surface area contributed by atoms with Crippen LogP contribution in [-0.4, -0.2) is 34.7 Å². The standard InChI is InChI=1S/C20H22Br2ClNO3.C17H16Br2ClNO3/c1-3-12(2)24-17-6-4-5-14(19(17)23)11-27-20-15(21)9-13(10-16(20)22)7-8-18(25)26;1-2-21-13-4-11(3-12(20)8-13)9-24-17-14(18)5-10(6-15(17)19)7-16(22)23/h4-6,9-10,12,24H,3,7-8,11H2,1-2H3,(H,25,26);3-6,8,21H,2,7,9H2,1H3,(H,22,23). The zero-order chi connectivity index (χ0) is 37.7. The van der Waals surface area contributed by atoms with Crippen LogP contribution in [0.5, 0.6) is 11.5 Å². The van der Waals surface area contributed by atoms with Crippen molar-refractivity contribution < 1.29 is 29.3 Å². The second-order valence-corrected chi connectivity index (χ2v) is 15.7. The molecule has 4 N–H and O–H groups in total. The molecule has 0 aromatic heterocycles. The first-order valence-corrected chi connectivity index (χ1v) is 19.9. The van der Waals surface area contributed by atoms with E-state index >= 15 is 0 Å². The number of benzene rings is 4. The fraction of sp³-hybridized carbons (Fsp3) is 0.297. The molecule has 0 aliphatic rings. The van der Waals surface area contributed by atoms with Crippen molar-refractivity contribution in [1.29, 1.82) is 0 Å². The molecule has 0 amide bonds. The van der Waals surface area contributed by atoms with E-state index in [-0.39, 0.29) is 12.8 Å². The lowest BCUT2D eigenvalue weighted by atomic mass is 10.1. The van der Waals surface area contributed by atoms with Gasteiger partial charge >= 0.3 is 11.9 Å². The first kappa shape index (κ1) is 42.9. The Bertz CT molecular complexity index is 1780. The zero-order valence-electron chi connectivity index (χ0n) is 28.1. The summed E-state index contributed by atoms with van der Waals surface area (Å²) in [6.07, 6.45) is 1.51. The Morgan fingerprint density at radius 3 is 1.92 bits per heavy atom. The summed E-state index contributed by atoms with van der Waals surface area (Å²) >= 11 is 26.5. The Labute approximate surface area is 342 Å². The first-order valence-electron chi connectivity index (χ1n) is 15.9. The summed E-state index contributed by atoms with van der Waals surface area (Å²) in [5.74, 6) is -0.417. The van der Waals surface area contributed by atoms with Gasteiger partial charge in [0, 0.05) is 35.3 Å². The second-order valence-electron chi connectivity index (χ2n) is 11.4. The average molecular weight is 997 g/mol. The number of anilines is 2. The third kappa shape index (κ3) is 14.1. The fourth-order valence-electron chi connectivity index (χ4n) is 4.69. The number of carbonyl (C=O) groups is 2. The minimum absolute atomic E-state index is 0.0438. The molecule has 0 spiro atoms. The SMILES string of the molecule is CCC(C)Nc1cccc(COc2c(Br)cc(CCC(=O)O)cc2Br)c1Cl.CCNc1cc(Cl)cc(COc2c(Br)cc(CC(=O)O)cc2Br)c1. The Kier molecular flexibility index (Phi) is 17.9. The predicted molar refractivity (Wildman–Crippen MR) is 220 cm³/mol. The van der Waals surface area contributed by atoms with E-state index in [1.165, 1.54) is 0 Å². The molecule has 0 saturated heterocycles. The normalized spacial score (nSPS) is 11.2. The number of hydrogen-bond acceptors (Lipinski definition) is 6. The number of nitrogens with one attached hydrogen (secondary N) is 2. The van der Waals surface area contributed by atoms with E-state index in [0.717, 1.165) is 50.0 Å². The van der Waals surface area contributed by atoms with Crippen LogP contribution in [0.3, 0.4) is 0 Å². The molecule has 4 rings (SSSR count). The highest BCUT2D eigenvalue weighted by atomic mass is 79.9. The van der Waals surface area contributed by atoms with Gasteiger partial charge in [0.15, 0.2) is 0 Å². The molecule has 4 aromatic carbocycles. The summed E-state index contributed by atoms with van der Waals surface area (Å²) in [6.45, 7) is 7.72. The fourth-order valence-corrected chi connectivity index (χ4v) is 8.20. The lowest BCUT2D eigenvalue weighted by molar-refractivity contribution is -0.137. The molecule has 14 heteroatoms. The van der Waals surface area contributed by atoms with Gasteiger partial charge in [0.2, 0.25) is 0 Å². The molecule has 1 atom stereocenters. The van der Waals surface area contributed by atoms with Crippen molar-refractivity contribution in [3.8, 4) is 11.5 Å². The molecular weight excluding hydrogens is 959 g/mol. The van der Waals surface area contributed by atoms with Crippen molar-refractivity contribution in [2.75, 3.05) is 17.2 Å². The summed E-state index contributed by atoms with van der Waals surface area (Å²) in [5.41, 5.74) is 5.27. The van der Waals surface area contributed by atoms with Gasteiger partial charge in [-0.2, -0.15) is 0 Å². The summed E-state index contributed by atoms with van der Waals surface area (Å²) in [5, 5.41) is 25.6. The summed E-state index contributed by atoms with van der Waals surface area (Å²) in [7, 11) is 0. The van der Waals surface area contributed by atoms with Crippen LogP contribution in [0.15, 0.2) is 78.6 Å². The minimum Gasteiger partial charge on any atom is -0.487 e. The molecule has 1 unspecified atom stereocenters. The van der Waals surface area contributed by atoms with Gasteiger partial charge in [0.1, 0.15) is 24.7 Å². The number of hydrogen-bond donors (Lipinski definition) is 4. The molecule has 51 heavy (non-hydrogen) atoms. The smallest absolute Gasteiger partial charge is 0.307 e. The second kappa shape index (κ2) is 21.3. The molecule has 4 aromatic rings. The maximum atomic E-state index is 10.8. The van der Waals surface area contributed by atoms with Crippen LogP contribution in [0, 0.1) is 0 Å². The van der Waals surface area contributed by atoms with Crippen LogP contribution in [0.2, 0.25) is 10.0 Å². The van der Waals surface area contributed by atoms with E-state index in [9.17, 15) is 9.59 Å². The highest BCUT2D eigenvalue weighted by Gasteiger charge is 2.14. The van der Waals surface area contributed by atoms with Crippen molar-refractivity contribution in [2.24, 2.45) is 0 Å². The van der Waals surface area contributed by atoms with Crippen molar-refractivity contribution in [1.82, 2.24) is 0 Å². The Hall–Kier alpha value is -2.48. The number of carboxylic acids is 2. The topological polar surface area (TPSA) is 117 Å². The van der Waals surface area contributed by atoms with Gasteiger partial charge in [-0.15, -0.1) is 0 Å². The molecule has 0 aliphatic carbocycles. The molecule has 0 fully saturated rings.